The molecule has 35 heavy (non-hydrogen) atoms. The third-order valence-electron chi connectivity index (χ3n) is 6.18. The summed E-state index contributed by atoms with van der Waals surface area (Å²) in [5.74, 6) is 0.153. The SMILES string of the molecule is CCOC(=O)c1ccc(N2C(=O)c3[nH]nc(-c4ccc(C)cc4)c3[C@@H]2c2ccc(OC)cc2)cc1. The number of esters is 1. The number of fused-ring (bicyclic) bond motifs is 1. The van der Waals surface area contributed by atoms with Gasteiger partial charge in [0.05, 0.1) is 31.0 Å². The lowest BCUT2D eigenvalue weighted by Crippen LogP contribution is -2.29. The Morgan fingerprint density at radius 1 is 1.00 bits per heavy atom. The number of carbonyl (C=O) groups is 2. The Morgan fingerprint density at radius 3 is 2.31 bits per heavy atom. The normalized spacial score (nSPS) is 14.7. The molecule has 0 spiro atoms. The van der Waals surface area contributed by atoms with E-state index in [2.05, 4.69) is 10.2 Å². The van der Waals surface area contributed by atoms with Gasteiger partial charge in [0.25, 0.3) is 5.91 Å². The molecule has 1 atom stereocenters. The summed E-state index contributed by atoms with van der Waals surface area (Å²) in [7, 11) is 1.62. The van der Waals surface area contributed by atoms with Crippen molar-refractivity contribution in [3.63, 3.8) is 0 Å². The largest absolute Gasteiger partial charge is 0.497 e. The van der Waals surface area contributed by atoms with Crippen molar-refractivity contribution in [3.8, 4) is 17.0 Å². The second-order valence-electron chi connectivity index (χ2n) is 8.35. The van der Waals surface area contributed by atoms with E-state index in [4.69, 9.17) is 9.47 Å². The number of H-pyrrole nitrogens is 1. The third kappa shape index (κ3) is 3.95. The zero-order chi connectivity index (χ0) is 24.5. The number of amides is 1. The zero-order valence-electron chi connectivity index (χ0n) is 19.7. The van der Waals surface area contributed by atoms with E-state index >= 15 is 0 Å². The van der Waals surface area contributed by atoms with Gasteiger partial charge in [-0.05, 0) is 55.8 Å². The number of aromatic nitrogens is 2. The summed E-state index contributed by atoms with van der Waals surface area (Å²) in [6, 6.07) is 22.2. The van der Waals surface area contributed by atoms with Crippen molar-refractivity contribution in [2.45, 2.75) is 19.9 Å². The zero-order valence-corrected chi connectivity index (χ0v) is 19.7. The van der Waals surface area contributed by atoms with Gasteiger partial charge in [-0.2, -0.15) is 5.10 Å². The number of anilines is 1. The van der Waals surface area contributed by atoms with Gasteiger partial charge in [0, 0.05) is 16.8 Å². The standard InChI is InChI=1S/C28H25N3O4/c1-4-35-28(33)20-9-13-21(14-10-20)31-26(19-11-15-22(34-3)16-12-19)23-24(29-30-25(23)27(31)32)18-7-5-17(2)6-8-18/h5-16,26H,4H2,1-3H3,(H,29,30)/t26-/m0/s1. The van der Waals surface area contributed by atoms with E-state index < -0.39 is 12.0 Å². The fourth-order valence-electron chi connectivity index (χ4n) is 4.42. The van der Waals surface area contributed by atoms with Crippen LogP contribution in [0.15, 0.2) is 72.8 Å². The molecule has 1 aromatic heterocycles. The first-order valence-corrected chi connectivity index (χ1v) is 11.4. The molecule has 1 N–H and O–H groups in total. The van der Waals surface area contributed by atoms with E-state index in [0.717, 1.165) is 33.7 Å². The van der Waals surface area contributed by atoms with Gasteiger partial charge in [-0.15, -0.1) is 0 Å². The van der Waals surface area contributed by atoms with Crippen LogP contribution in [0.25, 0.3) is 11.3 Å². The summed E-state index contributed by atoms with van der Waals surface area (Å²) < 4.78 is 10.4. The number of hydrogen-bond donors (Lipinski definition) is 1. The monoisotopic (exact) mass is 467 g/mol. The lowest BCUT2D eigenvalue weighted by Gasteiger charge is -2.26. The number of nitrogens with zero attached hydrogens (tertiary/aromatic N) is 2. The molecule has 0 radical (unpaired) electrons. The second kappa shape index (κ2) is 9.10. The molecule has 5 rings (SSSR count). The fraction of sp³-hybridized carbons (Fsp3) is 0.179. The highest BCUT2D eigenvalue weighted by atomic mass is 16.5. The van der Waals surface area contributed by atoms with Crippen LogP contribution in [0.1, 0.15) is 50.5 Å². The van der Waals surface area contributed by atoms with Crippen molar-refractivity contribution in [2.24, 2.45) is 0 Å². The molecule has 1 aliphatic rings. The van der Waals surface area contributed by atoms with E-state index in [1.54, 1.807) is 43.2 Å². The quantitative estimate of drug-likeness (QED) is 0.388. The van der Waals surface area contributed by atoms with E-state index in [1.807, 2.05) is 55.5 Å². The summed E-state index contributed by atoms with van der Waals surface area (Å²) in [6.45, 7) is 4.10. The third-order valence-corrected chi connectivity index (χ3v) is 6.18. The summed E-state index contributed by atoms with van der Waals surface area (Å²) in [6.07, 6.45) is 0. The van der Waals surface area contributed by atoms with Gasteiger partial charge < -0.3 is 9.47 Å². The molecular formula is C28H25N3O4. The molecule has 7 heteroatoms. The van der Waals surface area contributed by atoms with Crippen LogP contribution in [0.4, 0.5) is 5.69 Å². The molecule has 176 valence electrons. The number of nitrogens with one attached hydrogen (secondary N) is 1. The molecule has 7 nitrogen and oxygen atoms in total. The summed E-state index contributed by atoms with van der Waals surface area (Å²) in [4.78, 5) is 27.5. The van der Waals surface area contributed by atoms with Crippen molar-refractivity contribution in [1.29, 1.82) is 0 Å². The molecule has 0 saturated carbocycles. The minimum Gasteiger partial charge on any atom is -0.497 e. The van der Waals surface area contributed by atoms with Crippen molar-refractivity contribution in [2.75, 3.05) is 18.6 Å². The van der Waals surface area contributed by atoms with Crippen LogP contribution in [0.5, 0.6) is 5.75 Å². The van der Waals surface area contributed by atoms with Crippen molar-refractivity contribution in [1.82, 2.24) is 10.2 Å². The van der Waals surface area contributed by atoms with Gasteiger partial charge in [-0.3, -0.25) is 14.8 Å². The molecule has 0 bridgehead atoms. The van der Waals surface area contributed by atoms with Gasteiger partial charge in [0.15, 0.2) is 0 Å². The molecule has 1 aliphatic heterocycles. The first-order valence-electron chi connectivity index (χ1n) is 11.4. The fourth-order valence-corrected chi connectivity index (χ4v) is 4.42. The predicted molar refractivity (Wildman–Crippen MR) is 133 cm³/mol. The number of rotatable bonds is 6. The van der Waals surface area contributed by atoms with Gasteiger partial charge in [-0.1, -0.05) is 42.0 Å². The topological polar surface area (TPSA) is 84.5 Å². The van der Waals surface area contributed by atoms with Gasteiger partial charge in [-0.25, -0.2) is 4.79 Å². The van der Waals surface area contributed by atoms with Gasteiger partial charge >= 0.3 is 5.97 Å². The Kier molecular flexibility index (Phi) is 5.82. The van der Waals surface area contributed by atoms with E-state index in [0.29, 0.717) is 23.6 Å². The van der Waals surface area contributed by atoms with Crippen molar-refractivity contribution >= 4 is 17.6 Å². The lowest BCUT2D eigenvalue weighted by molar-refractivity contribution is 0.0526. The summed E-state index contributed by atoms with van der Waals surface area (Å²) in [5.41, 5.74) is 6.11. The number of benzene rings is 3. The summed E-state index contributed by atoms with van der Waals surface area (Å²) >= 11 is 0. The maximum absolute atomic E-state index is 13.7. The smallest absolute Gasteiger partial charge is 0.338 e. The Labute approximate surface area is 203 Å². The lowest BCUT2D eigenvalue weighted by atomic mass is 9.95. The van der Waals surface area contributed by atoms with Crippen LogP contribution < -0.4 is 9.64 Å². The molecule has 2 heterocycles. The van der Waals surface area contributed by atoms with Crippen LogP contribution in [0.3, 0.4) is 0 Å². The molecule has 4 aromatic rings. The van der Waals surface area contributed by atoms with Gasteiger partial charge in [0.2, 0.25) is 0 Å². The molecule has 0 aliphatic carbocycles. The van der Waals surface area contributed by atoms with Gasteiger partial charge in [0.1, 0.15) is 11.4 Å². The minimum absolute atomic E-state index is 0.185. The van der Waals surface area contributed by atoms with Crippen LogP contribution in [0, 0.1) is 6.92 Å². The molecule has 0 unspecified atom stereocenters. The minimum atomic E-state index is -0.410. The summed E-state index contributed by atoms with van der Waals surface area (Å²) in [5, 5.41) is 7.50. The predicted octanol–water partition coefficient (Wildman–Crippen LogP) is 5.32. The highest BCUT2D eigenvalue weighted by Gasteiger charge is 2.43. The van der Waals surface area contributed by atoms with Crippen molar-refractivity contribution < 1.29 is 19.1 Å². The van der Waals surface area contributed by atoms with E-state index in [9.17, 15) is 9.59 Å². The second-order valence-corrected chi connectivity index (χ2v) is 8.35. The van der Waals surface area contributed by atoms with E-state index in [1.165, 1.54) is 0 Å². The Bertz CT molecular complexity index is 1370. The number of hydrogen-bond acceptors (Lipinski definition) is 5. The average Bonchev–Trinajstić information content (AvgIpc) is 3.44. The molecule has 1 amide bonds. The average molecular weight is 468 g/mol. The Hall–Kier alpha value is -4.39. The molecule has 0 saturated heterocycles. The van der Waals surface area contributed by atoms with Crippen LogP contribution in [-0.4, -0.2) is 35.8 Å². The highest BCUT2D eigenvalue weighted by molar-refractivity contribution is 6.12. The number of ether oxygens (including phenoxy) is 2. The number of aryl methyl sites for hydroxylation is 1. The first kappa shape index (κ1) is 22.4. The maximum atomic E-state index is 13.7. The molecule has 0 fully saturated rings. The first-order chi connectivity index (χ1) is 17.0. The number of carbonyl (C=O) groups excluding carboxylic acids is 2. The van der Waals surface area contributed by atoms with Crippen LogP contribution in [0.2, 0.25) is 0 Å². The molecule has 3 aromatic carbocycles. The Morgan fingerprint density at radius 2 is 1.69 bits per heavy atom. The van der Waals surface area contributed by atoms with Crippen molar-refractivity contribution in [3.05, 3.63) is 101 Å². The Balaban J connectivity index is 1.62. The number of aromatic amines is 1. The maximum Gasteiger partial charge on any atom is 0.338 e. The highest BCUT2D eigenvalue weighted by Crippen LogP contribution is 2.45. The van der Waals surface area contributed by atoms with Crippen LogP contribution in [-0.2, 0) is 4.74 Å². The number of methoxy groups -OCH3 is 1. The van der Waals surface area contributed by atoms with E-state index in [-0.39, 0.29) is 5.91 Å². The molecular weight excluding hydrogens is 442 g/mol. The van der Waals surface area contributed by atoms with Crippen LogP contribution >= 0.6 is 0 Å².